The molecular formula is C13H13F3N2O2. The van der Waals surface area contributed by atoms with Crippen molar-refractivity contribution >= 4 is 11.8 Å². The zero-order valence-corrected chi connectivity index (χ0v) is 10.7. The number of carbonyl (C=O) groups is 2. The van der Waals surface area contributed by atoms with E-state index in [9.17, 15) is 22.8 Å². The lowest BCUT2D eigenvalue weighted by Gasteiger charge is -2.13. The Morgan fingerprint density at radius 3 is 2.35 bits per heavy atom. The highest BCUT2D eigenvalue weighted by Gasteiger charge is 2.31. The number of rotatable bonds is 2. The molecule has 108 valence electrons. The zero-order chi connectivity index (χ0) is 14.9. The fourth-order valence-electron chi connectivity index (χ4n) is 2.04. The van der Waals surface area contributed by atoms with E-state index >= 15 is 0 Å². The molecule has 20 heavy (non-hydrogen) atoms. The van der Waals surface area contributed by atoms with Crippen molar-refractivity contribution in [2.45, 2.75) is 18.6 Å². The summed E-state index contributed by atoms with van der Waals surface area (Å²) in [5, 5.41) is 2.63. The predicted molar refractivity (Wildman–Crippen MR) is 65.0 cm³/mol. The summed E-state index contributed by atoms with van der Waals surface area (Å²) in [6, 6.07) is 3.67. The highest BCUT2D eigenvalue weighted by molar-refractivity contribution is 5.95. The lowest BCUT2D eigenvalue weighted by molar-refractivity contribution is -0.137. The number of likely N-dealkylation sites (N-methyl/N-ethyl adjacent to an activating group) is 1. The number of hydrogen-bond acceptors (Lipinski definition) is 2. The molecule has 0 aliphatic carbocycles. The van der Waals surface area contributed by atoms with Gasteiger partial charge in [-0.2, -0.15) is 13.2 Å². The van der Waals surface area contributed by atoms with Gasteiger partial charge in [-0.05, 0) is 24.3 Å². The molecule has 1 fully saturated rings. The molecule has 0 radical (unpaired) electrons. The number of carbonyl (C=O) groups excluding carboxylic acids is 2. The van der Waals surface area contributed by atoms with Crippen LogP contribution in [0.2, 0.25) is 0 Å². The largest absolute Gasteiger partial charge is 0.416 e. The first-order valence-corrected chi connectivity index (χ1v) is 5.99. The van der Waals surface area contributed by atoms with E-state index in [1.54, 1.807) is 7.05 Å². The monoisotopic (exact) mass is 286 g/mol. The number of halogens is 3. The number of benzene rings is 1. The Labute approximate surface area is 113 Å². The van der Waals surface area contributed by atoms with E-state index in [4.69, 9.17) is 0 Å². The summed E-state index contributed by atoms with van der Waals surface area (Å²) in [7, 11) is 1.63. The molecule has 7 heteroatoms. The topological polar surface area (TPSA) is 49.4 Å². The van der Waals surface area contributed by atoms with E-state index in [1.807, 2.05) is 0 Å². The van der Waals surface area contributed by atoms with Crippen LogP contribution in [0.5, 0.6) is 0 Å². The van der Waals surface area contributed by atoms with Crippen molar-refractivity contribution in [3.05, 3.63) is 35.4 Å². The van der Waals surface area contributed by atoms with Crippen LogP contribution in [0.15, 0.2) is 24.3 Å². The molecule has 1 atom stereocenters. The number of likely N-dealkylation sites (tertiary alicyclic amines) is 1. The number of amides is 2. The van der Waals surface area contributed by atoms with Gasteiger partial charge in [-0.3, -0.25) is 9.59 Å². The molecule has 1 N–H and O–H groups in total. The zero-order valence-electron chi connectivity index (χ0n) is 10.7. The molecule has 1 saturated heterocycles. The molecule has 1 aromatic carbocycles. The SMILES string of the molecule is CN1C[C@H](NC(=O)c2ccc(C(F)(F)F)cc2)CC1=O. The first kappa shape index (κ1) is 14.4. The molecule has 0 saturated carbocycles. The Bertz CT molecular complexity index is 525. The lowest BCUT2D eigenvalue weighted by atomic mass is 10.1. The Balaban J connectivity index is 2.01. The van der Waals surface area contributed by atoms with Gasteiger partial charge >= 0.3 is 6.18 Å². The second-order valence-corrected chi connectivity index (χ2v) is 4.72. The summed E-state index contributed by atoms with van der Waals surface area (Å²) in [6.45, 7) is 0.408. The normalized spacial score (nSPS) is 19.3. The van der Waals surface area contributed by atoms with E-state index in [2.05, 4.69) is 5.32 Å². The molecule has 4 nitrogen and oxygen atoms in total. The average Bonchev–Trinajstić information content (AvgIpc) is 2.67. The Kier molecular flexibility index (Phi) is 3.69. The van der Waals surface area contributed by atoms with Crippen molar-refractivity contribution < 1.29 is 22.8 Å². The first-order valence-electron chi connectivity index (χ1n) is 5.99. The number of hydrogen-bond donors (Lipinski definition) is 1. The average molecular weight is 286 g/mol. The molecule has 1 heterocycles. The molecule has 1 aromatic rings. The van der Waals surface area contributed by atoms with E-state index < -0.39 is 17.6 Å². The van der Waals surface area contributed by atoms with Gasteiger partial charge in [0.15, 0.2) is 0 Å². The third kappa shape index (κ3) is 3.09. The van der Waals surface area contributed by atoms with Crippen LogP contribution in [0.4, 0.5) is 13.2 Å². The fraction of sp³-hybridized carbons (Fsp3) is 0.385. The first-order chi connectivity index (χ1) is 9.27. The number of alkyl halides is 3. The second-order valence-electron chi connectivity index (χ2n) is 4.72. The summed E-state index contributed by atoms with van der Waals surface area (Å²) in [5.74, 6) is -0.547. The van der Waals surface area contributed by atoms with Gasteiger partial charge in [0.05, 0.1) is 11.6 Å². The molecule has 0 unspecified atom stereocenters. The maximum atomic E-state index is 12.4. The smallest absolute Gasteiger partial charge is 0.347 e. The minimum atomic E-state index is -4.42. The van der Waals surface area contributed by atoms with Gasteiger partial charge in [-0.25, -0.2) is 0 Å². The summed E-state index contributed by atoms with van der Waals surface area (Å²) in [5.41, 5.74) is -0.662. The van der Waals surface area contributed by atoms with Crippen LogP contribution < -0.4 is 5.32 Å². The van der Waals surface area contributed by atoms with Crippen LogP contribution in [-0.4, -0.2) is 36.3 Å². The van der Waals surface area contributed by atoms with Gasteiger partial charge in [0.2, 0.25) is 5.91 Å². The van der Waals surface area contributed by atoms with Crippen LogP contribution >= 0.6 is 0 Å². The molecule has 1 aliphatic heterocycles. The Morgan fingerprint density at radius 2 is 1.90 bits per heavy atom. The van der Waals surface area contributed by atoms with Crippen LogP contribution in [0.3, 0.4) is 0 Å². The second kappa shape index (κ2) is 5.15. The van der Waals surface area contributed by atoms with Gasteiger partial charge in [0.1, 0.15) is 0 Å². The van der Waals surface area contributed by atoms with Crippen LogP contribution in [-0.2, 0) is 11.0 Å². The third-order valence-electron chi connectivity index (χ3n) is 3.15. The van der Waals surface area contributed by atoms with Gasteiger partial charge in [-0.1, -0.05) is 0 Å². The van der Waals surface area contributed by atoms with Gasteiger partial charge in [0, 0.05) is 25.6 Å². The molecule has 0 aromatic heterocycles. The quantitative estimate of drug-likeness (QED) is 0.899. The van der Waals surface area contributed by atoms with Crippen molar-refractivity contribution in [2.24, 2.45) is 0 Å². The van der Waals surface area contributed by atoms with Crippen molar-refractivity contribution in [2.75, 3.05) is 13.6 Å². The predicted octanol–water partition coefficient (Wildman–Crippen LogP) is 1.67. The lowest BCUT2D eigenvalue weighted by Crippen LogP contribution is -2.36. The summed E-state index contributed by atoms with van der Waals surface area (Å²) < 4.78 is 37.2. The highest BCUT2D eigenvalue weighted by atomic mass is 19.4. The molecule has 2 rings (SSSR count). The van der Waals surface area contributed by atoms with Crippen molar-refractivity contribution in [3.8, 4) is 0 Å². The summed E-state index contributed by atoms with van der Waals surface area (Å²) >= 11 is 0. The maximum absolute atomic E-state index is 12.4. The molecule has 2 amide bonds. The molecule has 0 spiro atoms. The number of nitrogens with zero attached hydrogens (tertiary/aromatic N) is 1. The van der Waals surface area contributed by atoms with Crippen molar-refractivity contribution in [3.63, 3.8) is 0 Å². The van der Waals surface area contributed by atoms with Crippen molar-refractivity contribution in [1.29, 1.82) is 0 Å². The minimum absolute atomic E-state index is 0.0669. The third-order valence-corrected chi connectivity index (χ3v) is 3.15. The molecular weight excluding hydrogens is 273 g/mol. The van der Waals surface area contributed by atoms with Crippen LogP contribution in [0.1, 0.15) is 22.3 Å². The van der Waals surface area contributed by atoms with Crippen molar-refractivity contribution in [1.82, 2.24) is 10.2 Å². The van der Waals surface area contributed by atoms with E-state index in [0.717, 1.165) is 24.3 Å². The van der Waals surface area contributed by atoms with Gasteiger partial charge in [0.25, 0.3) is 5.91 Å². The summed E-state index contributed by atoms with van der Waals surface area (Å²) in [4.78, 5) is 24.7. The highest BCUT2D eigenvalue weighted by Crippen LogP contribution is 2.29. The number of nitrogens with one attached hydrogen (secondary N) is 1. The fourth-order valence-corrected chi connectivity index (χ4v) is 2.04. The van der Waals surface area contributed by atoms with E-state index in [1.165, 1.54) is 4.90 Å². The maximum Gasteiger partial charge on any atom is 0.416 e. The van der Waals surface area contributed by atoms with Gasteiger partial charge < -0.3 is 10.2 Å². The molecule has 1 aliphatic rings. The van der Waals surface area contributed by atoms with E-state index in [-0.39, 0.29) is 23.9 Å². The van der Waals surface area contributed by atoms with E-state index in [0.29, 0.717) is 6.54 Å². The van der Waals surface area contributed by atoms with Crippen LogP contribution in [0.25, 0.3) is 0 Å². The van der Waals surface area contributed by atoms with Gasteiger partial charge in [-0.15, -0.1) is 0 Å². The Hall–Kier alpha value is -2.05. The molecule has 0 bridgehead atoms. The Morgan fingerprint density at radius 1 is 1.30 bits per heavy atom. The van der Waals surface area contributed by atoms with Crippen LogP contribution in [0, 0.1) is 0 Å². The minimum Gasteiger partial charge on any atom is -0.347 e. The summed E-state index contributed by atoms with van der Waals surface area (Å²) in [6.07, 6.45) is -4.21. The standard InChI is InChI=1S/C13H13F3N2O2/c1-18-7-10(6-11(18)19)17-12(20)8-2-4-9(5-3-8)13(14,15)16/h2-5,10H,6-7H2,1H3,(H,17,20)/t10-/m1/s1.